The molecule has 72 heavy (non-hydrogen) atoms. The van der Waals surface area contributed by atoms with Crippen molar-refractivity contribution in [2.45, 2.75) is 88.9 Å². The maximum Gasteiger partial charge on any atom is 0.255 e. The van der Waals surface area contributed by atoms with Gasteiger partial charge in [0.1, 0.15) is 11.8 Å². The fourth-order valence-electron chi connectivity index (χ4n) is 9.08. The van der Waals surface area contributed by atoms with Crippen molar-refractivity contribution in [3.8, 4) is 17.1 Å². The number of nitrogens with zero attached hydrogens (tertiary/aromatic N) is 4. The van der Waals surface area contributed by atoms with E-state index in [-0.39, 0.29) is 62.1 Å². The summed E-state index contributed by atoms with van der Waals surface area (Å²) in [4.78, 5) is 73.6. The molecule has 0 radical (unpaired) electrons. The molecule has 3 aliphatic heterocycles. The smallest absolute Gasteiger partial charge is 0.255 e. The molecule has 2 fully saturated rings. The number of aromatic nitrogens is 4. The van der Waals surface area contributed by atoms with E-state index in [0.717, 1.165) is 80.0 Å². The minimum absolute atomic E-state index is 0.123. The number of rotatable bonds is 26. The van der Waals surface area contributed by atoms with E-state index in [1.54, 1.807) is 30.6 Å². The lowest BCUT2D eigenvalue weighted by molar-refractivity contribution is -0.137. The minimum Gasteiger partial charge on any atom is -0.494 e. The van der Waals surface area contributed by atoms with E-state index in [9.17, 15) is 24.0 Å². The quantitative estimate of drug-likeness (QED) is 0.0283. The number of hydrogen-bond acceptors (Lipinski definition) is 14. The van der Waals surface area contributed by atoms with Crippen LogP contribution < -0.4 is 31.3 Å². The lowest BCUT2D eigenvalue weighted by Gasteiger charge is -2.37. The van der Waals surface area contributed by atoms with E-state index in [4.69, 9.17) is 23.9 Å². The summed E-state index contributed by atoms with van der Waals surface area (Å²) >= 11 is 0. The molecule has 8 rings (SSSR count). The molecule has 3 aliphatic rings. The standard InChI is InChI=1S/C53H64N10O9/c1-36(56-49(66)39-8-6-9-40(34-39)60-53(21-25-55-26-22-53)52-59-48(61-62-52)38-18-23-54-24-19-38)37-12-14-41(15-13-37)72-28-5-3-2-4-27-69-30-32-71-33-31-70-29-20-47(65)57-44-11-7-10-42-43(44)35-63(51(42)68)45-16-17-46(64)58-50(45)67/h6-15,18-19,23-24,34,36,45,55,60H,2-5,16-17,20-22,25-33,35H2,1H3,(H,56,66)(H,57,65)(H,58,64,67)(H,59,61,62)/t36-,45?/m1/s1. The van der Waals surface area contributed by atoms with Gasteiger partial charge in [-0.1, -0.05) is 30.7 Å². The first-order chi connectivity index (χ1) is 35.2. The van der Waals surface area contributed by atoms with Crippen LogP contribution in [0.15, 0.2) is 91.3 Å². The summed E-state index contributed by atoms with van der Waals surface area (Å²) in [5.41, 5.74) is 4.37. The second-order valence-corrected chi connectivity index (χ2v) is 18.2. The molecule has 0 bridgehead atoms. The Bertz CT molecular complexity index is 2620. The minimum atomic E-state index is -0.724. The van der Waals surface area contributed by atoms with E-state index >= 15 is 0 Å². The monoisotopic (exact) mass is 984 g/mol. The largest absolute Gasteiger partial charge is 0.494 e. The Morgan fingerprint density at radius 3 is 2.32 bits per heavy atom. The highest BCUT2D eigenvalue weighted by Crippen LogP contribution is 2.35. The number of aromatic amines is 1. The van der Waals surface area contributed by atoms with Crippen LogP contribution in [0.5, 0.6) is 5.75 Å². The van der Waals surface area contributed by atoms with Crippen LogP contribution >= 0.6 is 0 Å². The van der Waals surface area contributed by atoms with E-state index in [1.807, 2.05) is 67.6 Å². The Hall–Kier alpha value is -7.06. The molecule has 380 valence electrons. The van der Waals surface area contributed by atoms with Crippen LogP contribution in [0.4, 0.5) is 11.4 Å². The Kier molecular flexibility index (Phi) is 18.1. The van der Waals surface area contributed by atoms with E-state index in [0.29, 0.717) is 67.8 Å². The Morgan fingerprint density at radius 1 is 0.833 bits per heavy atom. The summed E-state index contributed by atoms with van der Waals surface area (Å²) < 4.78 is 22.9. The van der Waals surface area contributed by atoms with Gasteiger partial charge in [0.25, 0.3) is 11.8 Å². The average Bonchev–Trinajstić information content (AvgIpc) is 4.03. The van der Waals surface area contributed by atoms with Crippen molar-refractivity contribution in [3.63, 3.8) is 0 Å². The van der Waals surface area contributed by atoms with Crippen LogP contribution in [0.2, 0.25) is 0 Å². The molecular formula is C53H64N10O9. The summed E-state index contributed by atoms with van der Waals surface area (Å²) in [6.07, 6.45) is 9.52. The Morgan fingerprint density at radius 2 is 1.56 bits per heavy atom. The summed E-state index contributed by atoms with van der Waals surface area (Å²) in [5, 5.41) is 23.1. The predicted octanol–water partition coefficient (Wildman–Crippen LogP) is 5.83. The van der Waals surface area contributed by atoms with Gasteiger partial charge in [0.15, 0.2) is 11.6 Å². The molecule has 5 heterocycles. The fraction of sp³-hybridized carbons (Fsp3) is 0.434. The second kappa shape index (κ2) is 25.4. The van der Waals surface area contributed by atoms with Gasteiger partial charge in [-0.15, -0.1) is 0 Å². The molecule has 3 aromatic carbocycles. The van der Waals surface area contributed by atoms with Gasteiger partial charge in [-0.25, -0.2) is 4.98 Å². The predicted molar refractivity (Wildman–Crippen MR) is 268 cm³/mol. The molecule has 2 saturated heterocycles. The van der Waals surface area contributed by atoms with Crippen molar-refractivity contribution in [1.29, 1.82) is 0 Å². The van der Waals surface area contributed by atoms with Crippen LogP contribution in [0.1, 0.15) is 108 Å². The third-order valence-corrected chi connectivity index (χ3v) is 13.1. The molecule has 1 unspecified atom stereocenters. The lowest BCUT2D eigenvalue weighted by Crippen LogP contribution is -2.52. The maximum atomic E-state index is 13.5. The van der Waals surface area contributed by atoms with Crippen molar-refractivity contribution < 1.29 is 42.9 Å². The third kappa shape index (κ3) is 13.7. The van der Waals surface area contributed by atoms with E-state index < -0.39 is 17.5 Å². The molecule has 2 aromatic heterocycles. The lowest BCUT2D eigenvalue weighted by atomic mass is 9.87. The van der Waals surface area contributed by atoms with Gasteiger partial charge in [0, 0.05) is 65.6 Å². The van der Waals surface area contributed by atoms with Crippen molar-refractivity contribution >= 4 is 40.9 Å². The number of piperidine rings is 2. The highest BCUT2D eigenvalue weighted by atomic mass is 16.5. The number of unbranched alkanes of at least 4 members (excludes halogenated alkanes) is 3. The van der Waals surface area contributed by atoms with Gasteiger partial charge in [0.05, 0.1) is 57.6 Å². The number of anilines is 2. The van der Waals surface area contributed by atoms with Crippen molar-refractivity contribution in [2.24, 2.45) is 0 Å². The number of carbonyl (C=O) groups is 5. The molecule has 0 saturated carbocycles. The van der Waals surface area contributed by atoms with Crippen LogP contribution in [0.3, 0.4) is 0 Å². The molecule has 0 spiro atoms. The first-order valence-corrected chi connectivity index (χ1v) is 24.9. The molecule has 0 aliphatic carbocycles. The number of amides is 5. The van der Waals surface area contributed by atoms with E-state index in [2.05, 4.69) is 41.8 Å². The Labute approximate surface area is 418 Å². The summed E-state index contributed by atoms with van der Waals surface area (Å²) in [6, 6.07) is 23.4. The number of H-pyrrole nitrogens is 1. The van der Waals surface area contributed by atoms with Gasteiger partial charge in [0.2, 0.25) is 17.7 Å². The summed E-state index contributed by atoms with van der Waals surface area (Å²) in [5.74, 6) is 0.627. The zero-order valence-corrected chi connectivity index (χ0v) is 40.7. The first-order valence-electron chi connectivity index (χ1n) is 24.9. The number of benzene rings is 3. The van der Waals surface area contributed by atoms with Gasteiger partial charge in [-0.05, 0) is 119 Å². The van der Waals surface area contributed by atoms with Crippen molar-refractivity contribution in [3.05, 3.63) is 119 Å². The second-order valence-electron chi connectivity index (χ2n) is 18.2. The van der Waals surface area contributed by atoms with Gasteiger partial charge in [-0.2, -0.15) is 5.10 Å². The topological polar surface area (TPSA) is 240 Å². The number of hydrogen-bond donors (Lipinski definition) is 6. The fourth-order valence-corrected chi connectivity index (χ4v) is 9.08. The normalized spacial score (nSPS) is 16.7. The van der Waals surface area contributed by atoms with E-state index in [1.165, 1.54) is 4.90 Å². The SMILES string of the molecule is C[C@@H](NC(=O)c1cccc(NC2(c3nc(-c4ccncc4)n[nH]3)CCNCC2)c1)c1ccc(OCCCCCCOCCOCCOCCC(=O)Nc2cccc3c2CN(C2CCC(=O)NC2=O)C3=O)cc1. The molecule has 19 nitrogen and oxygen atoms in total. The first kappa shape index (κ1) is 51.3. The van der Waals surface area contributed by atoms with Crippen LogP contribution in [-0.4, -0.2) is 120 Å². The van der Waals surface area contributed by atoms with Gasteiger partial charge < -0.3 is 45.1 Å². The van der Waals surface area contributed by atoms with Crippen LogP contribution in [0.25, 0.3) is 11.4 Å². The zero-order chi connectivity index (χ0) is 50.1. The molecule has 19 heteroatoms. The van der Waals surface area contributed by atoms with Gasteiger partial charge in [-0.3, -0.25) is 39.4 Å². The highest BCUT2D eigenvalue weighted by Gasteiger charge is 2.40. The summed E-state index contributed by atoms with van der Waals surface area (Å²) in [7, 11) is 0. The Balaban J connectivity index is 0.638. The number of fused-ring (bicyclic) bond motifs is 1. The van der Waals surface area contributed by atoms with Crippen LogP contribution in [-0.2, 0) is 40.7 Å². The molecule has 5 amide bonds. The number of carbonyl (C=O) groups excluding carboxylic acids is 5. The maximum absolute atomic E-state index is 13.5. The summed E-state index contributed by atoms with van der Waals surface area (Å²) in [6.45, 7) is 6.90. The number of nitrogens with one attached hydrogen (secondary N) is 6. The third-order valence-electron chi connectivity index (χ3n) is 13.1. The molecular weight excluding hydrogens is 921 g/mol. The van der Waals surface area contributed by atoms with Gasteiger partial charge >= 0.3 is 0 Å². The molecule has 5 aromatic rings. The highest BCUT2D eigenvalue weighted by molar-refractivity contribution is 6.06. The number of ether oxygens (including phenoxy) is 4. The average molecular weight is 985 g/mol. The van der Waals surface area contributed by atoms with Crippen molar-refractivity contribution in [2.75, 3.05) is 70.0 Å². The number of imide groups is 1. The van der Waals surface area contributed by atoms with Crippen molar-refractivity contribution in [1.82, 2.24) is 41.0 Å². The molecule has 2 atom stereocenters. The number of pyridine rings is 1. The molecule has 6 N–H and O–H groups in total. The van der Waals surface area contributed by atoms with Crippen LogP contribution in [0, 0.1) is 0 Å². The zero-order valence-electron chi connectivity index (χ0n) is 40.7.